The van der Waals surface area contributed by atoms with Crippen LogP contribution in [0.2, 0.25) is 20.1 Å². The van der Waals surface area contributed by atoms with E-state index in [1.54, 1.807) is 55.5 Å². The summed E-state index contributed by atoms with van der Waals surface area (Å²) in [6.45, 7) is 6.83. The highest BCUT2D eigenvalue weighted by atomic mass is 35.5. The van der Waals surface area contributed by atoms with E-state index in [-0.39, 0.29) is 11.5 Å². The lowest BCUT2D eigenvalue weighted by Gasteiger charge is -2.16. The van der Waals surface area contributed by atoms with Crippen molar-refractivity contribution >= 4 is 58.3 Å². The number of nitrogens with zero attached hydrogens (tertiary/aromatic N) is 2. The van der Waals surface area contributed by atoms with Crippen molar-refractivity contribution in [2.24, 2.45) is 0 Å². The molecule has 0 saturated carbocycles. The van der Waals surface area contributed by atoms with Crippen LogP contribution in [0.25, 0.3) is 33.9 Å². The Morgan fingerprint density at radius 3 is 1.42 bits per heavy atom. The quantitative estimate of drug-likeness (QED) is 0.116. The van der Waals surface area contributed by atoms with Gasteiger partial charge in [-0.05, 0) is 141 Å². The van der Waals surface area contributed by atoms with E-state index in [9.17, 15) is 14.7 Å². The first kappa shape index (κ1) is 45.6. The van der Waals surface area contributed by atoms with Gasteiger partial charge in [0.1, 0.15) is 24.7 Å². The second kappa shape index (κ2) is 20.8. The molecule has 0 aliphatic heterocycles. The molecule has 0 saturated heterocycles. The smallest absolute Gasteiger partial charge is 0.338 e. The molecule has 0 unspecified atom stereocenters. The Kier molecular flexibility index (Phi) is 14.8. The van der Waals surface area contributed by atoms with E-state index in [1.807, 2.05) is 128 Å². The molecule has 0 atom stereocenters. The highest BCUT2D eigenvalue weighted by Gasteiger charge is 2.18. The third kappa shape index (κ3) is 10.7. The number of carboxylic acid groups (broad SMARTS) is 1. The summed E-state index contributed by atoms with van der Waals surface area (Å²) in [7, 11) is 0. The minimum Gasteiger partial charge on any atom is -0.488 e. The Labute approximate surface area is 391 Å². The summed E-state index contributed by atoms with van der Waals surface area (Å²) in [5.74, 6) is 0.154. The van der Waals surface area contributed by atoms with Crippen molar-refractivity contribution in [1.82, 2.24) is 9.13 Å². The van der Waals surface area contributed by atoms with Crippen LogP contribution < -0.4 is 9.47 Å². The number of ether oxygens (including phenoxy) is 3. The maximum Gasteiger partial charge on any atom is 0.338 e. The van der Waals surface area contributed by atoms with Crippen molar-refractivity contribution in [3.63, 3.8) is 0 Å². The van der Waals surface area contributed by atoms with Crippen LogP contribution in [0.5, 0.6) is 11.5 Å². The van der Waals surface area contributed by atoms with Gasteiger partial charge < -0.3 is 28.5 Å². The van der Waals surface area contributed by atoms with Crippen LogP contribution in [-0.4, -0.2) is 32.8 Å². The van der Waals surface area contributed by atoms with Crippen LogP contribution in [0.1, 0.15) is 50.2 Å². The molecular formula is C52H42Cl4N2O6. The molecule has 0 aliphatic rings. The number of aryl methyl sites for hydroxylation is 2. The predicted octanol–water partition coefficient (Wildman–Crippen LogP) is 14.6. The number of hydrogen-bond acceptors (Lipinski definition) is 5. The predicted molar refractivity (Wildman–Crippen MR) is 256 cm³/mol. The molecule has 0 aliphatic carbocycles. The number of aromatic carboxylic acids is 1. The van der Waals surface area contributed by atoms with Crippen molar-refractivity contribution < 1.29 is 28.9 Å². The van der Waals surface area contributed by atoms with Crippen molar-refractivity contribution in [3.8, 4) is 45.4 Å². The molecule has 6 aromatic carbocycles. The molecule has 8 rings (SSSR count). The van der Waals surface area contributed by atoms with Crippen molar-refractivity contribution in [3.05, 3.63) is 211 Å². The monoisotopic (exact) mass is 930 g/mol. The summed E-state index contributed by atoms with van der Waals surface area (Å²) < 4.78 is 21.6. The standard InChI is InChI=1S/C27H23Cl2NO3.C25H19Cl2NO3/c1-3-32-27(31)20-7-6-8-21(16-20)30-18(2)11-14-25(30)22-9-4-5-10-26(22)33-17-19-12-13-23(28)24(29)15-19;1-16-9-12-23(28(16)19-6-4-5-18(14-19)25(29)30)20-7-2-3-8-24(20)31-15-17-10-11-21(26)22(27)13-17/h4-16H,3,17H2,1-2H3;2-14H,15H2,1H3,(H,29,30). The summed E-state index contributed by atoms with van der Waals surface area (Å²) in [6, 6.07) is 48.9. The molecule has 64 heavy (non-hydrogen) atoms. The number of benzene rings is 6. The van der Waals surface area contributed by atoms with E-state index < -0.39 is 5.97 Å². The summed E-state index contributed by atoms with van der Waals surface area (Å²) >= 11 is 24.3. The van der Waals surface area contributed by atoms with Gasteiger partial charge in [0, 0.05) is 33.9 Å². The lowest BCUT2D eigenvalue weighted by molar-refractivity contribution is 0.0525. The summed E-state index contributed by atoms with van der Waals surface area (Å²) in [6.07, 6.45) is 0. The van der Waals surface area contributed by atoms with Gasteiger partial charge in [-0.2, -0.15) is 0 Å². The van der Waals surface area contributed by atoms with Crippen LogP contribution in [-0.2, 0) is 18.0 Å². The van der Waals surface area contributed by atoms with Gasteiger partial charge in [-0.15, -0.1) is 0 Å². The SMILES string of the molecule is CCOC(=O)c1cccc(-n2c(C)ccc2-c2ccccc2OCc2ccc(Cl)c(Cl)c2)c1.Cc1ccc(-c2ccccc2OCc2ccc(Cl)c(Cl)c2)n1-c1cccc(C(=O)O)c1. The largest absolute Gasteiger partial charge is 0.488 e. The molecule has 0 radical (unpaired) electrons. The second-order valence-electron chi connectivity index (χ2n) is 14.6. The average Bonchev–Trinajstić information content (AvgIpc) is 3.89. The first-order chi connectivity index (χ1) is 30.9. The first-order valence-corrected chi connectivity index (χ1v) is 21.7. The molecule has 0 amide bonds. The molecule has 324 valence electrons. The van der Waals surface area contributed by atoms with Gasteiger partial charge in [-0.25, -0.2) is 9.59 Å². The Hall–Kier alpha value is -6.42. The van der Waals surface area contributed by atoms with Crippen LogP contribution in [0.15, 0.2) is 158 Å². The highest BCUT2D eigenvalue weighted by molar-refractivity contribution is 6.42. The number of hydrogen-bond donors (Lipinski definition) is 1. The number of esters is 1. The molecule has 2 aromatic heterocycles. The van der Waals surface area contributed by atoms with Gasteiger partial charge in [0.15, 0.2) is 0 Å². The van der Waals surface area contributed by atoms with E-state index in [0.29, 0.717) is 51.2 Å². The minimum atomic E-state index is -0.960. The number of carbonyl (C=O) groups excluding carboxylic acids is 1. The zero-order valence-corrected chi connectivity index (χ0v) is 38.1. The fourth-order valence-electron chi connectivity index (χ4n) is 7.14. The normalized spacial score (nSPS) is 10.8. The van der Waals surface area contributed by atoms with E-state index in [0.717, 1.165) is 62.2 Å². The molecule has 8 aromatic rings. The van der Waals surface area contributed by atoms with E-state index in [2.05, 4.69) is 4.57 Å². The van der Waals surface area contributed by atoms with E-state index in [1.165, 1.54) is 0 Å². The molecule has 1 N–H and O–H groups in total. The van der Waals surface area contributed by atoms with Crippen LogP contribution in [0, 0.1) is 13.8 Å². The van der Waals surface area contributed by atoms with Gasteiger partial charge >= 0.3 is 11.9 Å². The molecule has 0 bridgehead atoms. The fraction of sp³-hybridized carbons (Fsp3) is 0.115. The number of para-hydroxylation sites is 2. The number of halogens is 4. The number of carbonyl (C=O) groups is 2. The van der Waals surface area contributed by atoms with Crippen molar-refractivity contribution in [2.45, 2.75) is 34.0 Å². The maximum atomic E-state index is 12.3. The second-order valence-corrected chi connectivity index (χ2v) is 16.2. The lowest BCUT2D eigenvalue weighted by atomic mass is 10.1. The third-order valence-corrected chi connectivity index (χ3v) is 11.7. The Bertz CT molecular complexity index is 2960. The molecule has 12 heteroatoms. The van der Waals surface area contributed by atoms with E-state index in [4.69, 9.17) is 60.6 Å². The van der Waals surface area contributed by atoms with Gasteiger partial charge in [0.25, 0.3) is 0 Å². The van der Waals surface area contributed by atoms with E-state index >= 15 is 0 Å². The van der Waals surface area contributed by atoms with Crippen molar-refractivity contribution in [2.75, 3.05) is 6.61 Å². The minimum absolute atomic E-state index is 0.237. The average molecular weight is 933 g/mol. The summed E-state index contributed by atoms with van der Waals surface area (Å²) in [5, 5.41) is 11.4. The number of rotatable bonds is 13. The Morgan fingerprint density at radius 1 is 0.516 bits per heavy atom. The molecule has 8 nitrogen and oxygen atoms in total. The number of carboxylic acids is 1. The number of aromatic nitrogens is 2. The topological polar surface area (TPSA) is 91.9 Å². The van der Waals surface area contributed by atoms with Gasteiger partial charge in [-0.1, -0.05) is 94.9 Å². The summed E-state index contributed by atoms with van der Waals surface area (Å²) in [4.78, 5) is 23.7. The maximum absolute atomic E-state index is 12.3. The third-order valence-electron chi connectivity index (χ3n) is 10.2. The zero-order valence-electron chi connectivity index (χ0n) is 35.0. The zero-order chi connectivity index (χ0) is 45.3. The fourth-order valence-corrected chi connectivity index (χ4v) is 7.78. The van der Waals surface area contributed by atoms with Crippen LogP contribution in [0.4, 0.5) is 0 Å². The first-order valence-electron chi connectivity index (χ1n) is 20.2. The lowest BCUT2D eigenvalue weighted by Crippen LogP contribution is -2.07. The van der Waals surface area contributed by atoms with Crippen molar-refractivity contribution in [1.29, 1.82) is 0 Å². The molecule has 2 heterocycles. The van der Waals surface area contributed by atoms with Gasteiger partial charge in [0.05, 0.1) is 49.2 Å². The molecule has 0 spiro atoms. The van der Waals surface area contributed by atoms with Crippen LogP contribution >= 0.6 is 46.4 Å². The Balaban J connectivity index is 0.000000192. The highest BCUT2D eigenvalue weighted by Crippen LogP contribution is 2.36. The molecule has 0 fully saturated rings. The van der Waals surface area contributed by atoms with Gasteiger partial charge in [0.2, 0.25) is 0 Å². The molecular weight excluding hydrogens is 890 g/mol. The van der Waals surface area contributed by atoms with Crippen LogP contribution in [0.3, 0.4) is 0 Å². The van der Waals surface area contributed by atoms with Gasteiger partial charge in [-0.3, -0.25) is 0 Å². The summed E-state index contributed by atoms with van der Waals surface area (Å²) in [5.41, 5.74) is 9.94. The Morgan fingerprint density at radius 2 is 0.969 bits per heavy atom.